The van der Waals surface area contributed by atoms with Crippen molar-refractivity contribution in [1.82, 2.24) is 4.57 Å². The molecule has 0 spiro atoms. The fraction of sp³-hybridized carbons (Fsp3) is 0.300. The molecule has 0 saturated carbocycles. The van der Waals surface area contributed by atoms with Crippen molar-refractivity contribution in [3.8, 4) is 0 Å². The quantitative estimate of drug-likeness (QED) is 0.519. The smallest absolute Gasteiger partial charge is 0.385 e. The highest BCUT2D eigenvalue weighted by Gasteiger charge is 2.19. The second-order valence-electron chi connectivity index (χ2n) is 3.29. The lowest BCUT2D eigenvalue weighted by Gasteiger charge is -2.08. The summed E-state index contributed by atoms with van der Waals surface area (Å²) in [6, 6.07) is 3.79. The molecule has 16 heavy (non-hydrogen) atoms. The van der Waals surface area contributed by atoms with Crippen LogP contribution in [0.4, 0.5) is 8.78 Å². The second kappa shape index (κ2) is 4.78. The minimum Gasteiger partial charge on any atom is -0.385 e. The van der Waals surface area contributed by atoms with Crippen LogP contribution in [0.15, 0.2) is 23.2 Å². The molecule has 1 aromatic rings. The van der Waals surface area contributed by atoms with E-state index in [1.807, 2.05) is 26.0 Å². The maximum absolute atomic E-state index is 12.3. The molecule has 0 atom stereocenters. The topological polar surface area (TPSA) is 43.3 Å². The summed E-state index contributed by atoms with van der Waals surface area (Å²) in [6.45, 7) is 3.76. The van der Waals surface area contributed by atoms with Crippen LogP contribution < -0.4 is 5.73 Å². The first-order valence-corrected chi connectivity index (χ1v) is 5.33. The average molecular weight is 292 g/mol. The molecule has 0 bridgehead atoms. The van der Waals surface area contributed by atoms with Crippen molar-refractivity contribution in [1.29, 1.82) is 0 Å². The maximum Gasteiger partial charge on any atom is 0.399 e. The first-order valence-electron chi connectivity index (χ1n) is 4.54. The van der Waals surface area contributed by atoms with Gasteiger partial charge >= 0.3 is 4.96 Å². The van der Waals surface area contributed by atoms with Gasteiger partial charge in [-0.15, -0.1) is 0 Å². The zero-order chi connectivity index (χ0) is 12.3. The van der Waals surface area contributed by atoms with Gasteiger partial charge in [-0.2, -0.15) is 8.78 Å². The van der Waals surface area contributed by atoms with Crippen molar-refractivity contribution in [2.24, 2.45) is 10.7 Å². The summed E-state index contributed by atoms with van der Waals surface area (Å²) in [5.74, 6) is 0.348. The van der Waals surface area contributed by atoms with E-state index in [0.717, 1.165) is 17.6 Å². The zero-order valence-corrected chi connectivity index (χ0v) is 10.5. The van der Waals surface area contributed by atoms with E-state index in [0.29, 0.717) is 5.82 Å². The van der Waals surface area contributed by atoms with Crippen LogP contribution in [0.3, 0.4) is 0 Å². The molecule has 0 aliphatic heterocycles. The van der Waals surface area contributed by atoms with Crippen LogP contribution in [0.1, 0.15) is 11.4 Å². The molecule has 2 N–H and O–H groups in total. The van der Waals surface area contributed by atoms with E-state index in [1.165, 1.54) is 6.08 Å². The Kier molecular flexibility index (Phi) is 3.85. The van der Waals surface area contributed by atoms with Crippen LogP contribution in [0, 0.1) is 13.8 Å². The summed E-state index contributed by atoms with van der Waals surface area (Å²) in [4.78, 5) is -0.291. The number of aromatic nitrogens is 1. The van der Waals surface area contributed by atoms with Gasteiger partial charge in [0.05, 0.1) is 0 Å². The van der Waals surface area contributed by atoms with E-state index < -0.39 is 4.96 Å². The van der Waals surface area contributed by atoms with Crippen molar-refractivity contribution in [2.75, 3.05) is 0 Å². The molecule has 1 aromatic heterocycles. The Morgan fingerprint density at radius 3 is 2.38 bits per heavy atom. The largest absolute Gasteiger partial charge is 0.399 e. The number of nitrogens with two attached hydrogens (primary N) is 1. The molecule has 1 rings (SSSR count). The van der Waals surface area contributed by atoms with Crippen LogP contribution >= 0.6 is 15.9 Å². The number of aliphatic imine (C=N–C) groups is 1. The van der Waals surface area contributed by atoms with Gasteiger partial charge in [0, 0.05) is 33.5 Å². The van der Waals surface area contributed by atoms with Crippen LogP contribution in [0.25, 0.3) is 5.82 Å². The van der Waals surface area contributed by atoms with Crippen LogP contribution in [-0.4, -0.2) is 15.7 Å². The molecule has 0 unspecified atom stereocenters. The number of nitrogens with zero attached hydrogens (tertiary/aromatic N) is 2. The molecule has 3 nitrogen and oxygen atoms in total. The first-order chi connectivity index (χ1) is 7.31. The zero-order valence-electron chi connectivity index (χ0n) is 8.92. The Hall–Kier alpha value is -1.17. The van der Waals surface area contributed by atoms with Gasteiger partial charge in [-0.1, -0.05) is 0 Å². The highest BCUT2D eigenvalue weighted by atomic mass is 79.9. The summed E-state index contributed by atoms with van der Waals surface area (Å²) in [7, 11) is 0. The van der Waals surface area contributed by atoms with Gasteiger partial charge in [0.15, 0.2) is 0 Å². The molecule has 0 radical (unpaired) electrons. The normalized spacial score (nSPS) is 13.7. The Labute approximate surface area is 101 Å². The molecule has 6 heteroatoms. The van der Waals surface area contributed by atoms with E-state index in [9.17, 15) is 8.78 Å². The Morgan fingerprint density at radius 2 is 1.94 bits per heavy atom. The lowest BCUT2D eigenvalue weighted by atomic mass is 10.5. The monoisotopic (exact) mass is 291 g/mol. The van der Waals surface area contributed by atoms with E-state index in [4.69, 9.17) is 5.73 Å². The predicted octanol–water partition coefficient (Wildman–Crippen LogP) is 2.88. The van der Waals surface area contributed by atoms with Gasteiger partial charge in [0.25, 0.3) is 0 Å². The number of aryl methyl sites for hydroxylation is 2. The fourth-order valence-corrected chi connectivity index (χ4v) is 1.47. The summed E-state index contributed by atoms with van der Waals surface area (Å²) < 4.78 is 26.4. The molecule has 0 fully saturated rings. The molecule has 88 valence electrons. The van der Waals surface area contributed by atoms with Crippen LogP contribution in [0.5, 0.6) is 0 Å². The number of alkyl halides is 3. The van der Waals surface area contributed by atoms with Crippen molar-refractivity contribution in [3.63, 3.8) is 0 Å². The molecular formula is C10H12BrF2N3. The van der Waals surface area contributed by atoms with Crippen LogP contribution in [-0.2, 0) is 0 Å². The van der Waals surface area contributed by atoms with E-state index in [-0.39, 0.29) is 0 Å². The highest BCUT2D eigenvalue weighted by Crippen LogP contribution is 2.22. The SMILES string of the molecule is Cc1ccc(C)n1C(N)=CC=NC(F)(F)Br. The number of hydrogen-bond acceptors (Lipinski definition) is 2. The van der Waals surface area contributed by atoms with Gasteiger partial charge < -0.3 is 10.3 Å². The summed E-state index contributed by atoms with van der Waals surface area (Å²) in [5.41, 5.74) is 7.61. The minimum absolute atomic E-state index is 0.348. The summed E-state index contributed by atoms with van der Waals surface area (Å²) in [5, 5.41) is 0. The predicted molar refractivity (Wildman–Crippen MR) is 64.7 cm³/mol. The molecule has 1 heterocycles. The fourth-order valence-electron chi connectivity index (χ4n) is 1.35. The molecule has 0 amide bonds. The Bertz CT molecular complexity index is 410. The standard InChI is InChI=1S/C10H12BrF2N3/c1-7-3-4-8(2)16(7)9(14)5-6-15-10(11,12)13/h3-6H,14H2,1-2H3. The Morgan fingerprint density at radius 1 is 1.44 bits per heavy atom. The van der Waals surface area contributed by atoms with Crippen molar-refractivity contribution < 1.29 is 8.78 Å². The van der Waals surface area contributed by atoms with Gasteiger partial charge in [-0.25, -0.2) is 4.99 Å². The number of halogens is 3. The summed E-state index contributed by atoms with van der Waals surface area (Å²) in [6.07, 6.45) is 2.30. The third kappa shape index (κ3) is 3.44. The van der Waals surface area contributed by atoms with Gasteiger partial charge in [0.2, 0.25) is 0 Å². The molecule has 0 aliphatic carbocycles. The van der Waals surface area contributed by atoms with E-state index in [1.54, 1.807) is 4.57 Å². The van der Waals surface area contributed by atoms with E-state index >= 15 is 0 Å². The molecular weight excluding hydrogens is 280 g/mol. The van der Waals surface area contributed by atoms with Crippen molar-refractivity contribution >= 4 is 28.0 Å². The number of hydrogen-bond donors (Lipinski definition) is 1. The average Bonchev–Trinajstić information content (AvgIpc) is 2.43. The van der Waals surface area contributed by atoms with Crippen LogP contribution in [0.2, 0.25) is 0 Å². The lowest BCUT2D eigenvalue weighted by molar-refractivity contribution is 0.127. The number of allylic oxidation sites excluding steroid dienone is 1. The van der Waals surface area contributed by atoms with E-state index in [2.05, 4.69) is 20.9 Å². The second-order valence-corrected chi connectivity index (χ2v) is 4.24. The van der Waals surface area contributed by atoms with Gasteiger partial charge in [-0.05, 0) is 32.1 Å². The molecule has 0 aliphatic rings. The minimum atomic E-state index is -3.25. The molecule has 0 aromatic carbocycles. The number of rotatable bonds is 3. The maximum atomic E-state index is 12.3. The Balaban J connectivity index is 2.91. The molecule has 0 saturated heterocycles. The van der Waals surface area contributed by atoms with Gasteiger partial charge in [0.1, 0.15) is 5.82 Å². The van der Waals surface area contributed by atoms with Gasteiger partial charge in [-0.3, -0.25) is 0 Å². The third-order valence-corrected chi connectivity index (χ3v) is 2.20. The first kappa shape index (κ1) is 12.9. The van der Waals surface area contributed by atoms with Crippen molar-refractivity contribution in [3.05, 3.63) is 29.6 Å². The lowest BCUT2D eigenvalue weighted by Crippen LogP contribution is -2.09. The highest BCUT2D eigenvalue weighted by molar-refractivity contribution is 9.09. The van der Waals surface area contributed by atoms with Crippen molar-refractivity contribution in [2.45, 2.75) is 18.8 Å². The third-order valence-electron chi connectivity index (χ3n) is 2.00. The summed E-state index contributed by atoms with van der Waals surface area (Å²) >= 11 is 2.10.